The van der Waals surface area contributed by atoms with Crippen LogP contribution in [0.2, 0.25) is 0 Å². The van der Waals surface area contributed by atoms with Crippen molar-refractivity contribution in [2.24, 2.45) is 11.8 Å². The van der Waals surface area contributed by atoms with Crippen molar-refractivity contribution in [3.05, 3.63) is 35.6 Å². The number of esters is 1. The summed E-state index contributed by atoms with van der Waals surface area (Å²) in [5, 5.41) is 0. The lowest BCUT2D eigenvalue weighted by Crippen LogP contribution is -2.45. The monoisotopic (exact) mass is 442 g/mol. The molecule has 0 heterocycles. The van der Waals surface area contributed by atoms with Crippen LogP contribution in [0.4, 0.5) is 4.39 Å². The quantitative estimate of drug-likeness (QED) is 0.354. The van der Waals surface area contributed by atoms with Gasteiger partial charge in [-0.25, -0.2) is 4.39 Å². The Morgan fingerprint density at radius 3 is 2.37 bits per heavy atom. The van der Waals surface area contributed by atoms with Gasteiger partial charge in [0.25, 0.3) is 10.2 Å². The van der Waals surface area contributed by atoms with E-state index in [1.54, 1.807) is 6.92 Å². The lowest BCUT2D eigenvalue weighted by atomic mass is 9.78. The number of nitrogens with zero attached hydrogens (tertiary/aromatic N) is 1. The largest absolute Gasteiger partial charge is 0.465 e. The van der Waals surface area contributed by atoms with Crippen LogP contribution in [0.15, 0.2) is 24.3 Å². The average molecular weight is 443 g/mol. The zero-order valence-electron chi connectivity index (χ0n) is 17.3. The van der Waals surface area contributed by atoms with Gasteiger partial charge in [-0.2, -0.15) is 17.4 Å². The fourth-order valence-corrected chi connectivity index (χ4v) is 4.30. The number of ketones is 2. The highest BCUT2D eigenvalue weighted by Crippen LogP contribution is 2.29. The number of benzene rings is 1. The van der Waals surface area contributed by atoms with E-state index in [4.69, 9.17) is 4.74 Å². The number of halogens is 1. The summed E-state index contributed by atoms with van der Waals surface area (Å²) in [7, 11) is -0.759. The van der Waals surface area contributed by atoms with Crippen LogP contribution in [0.3, 0.4) is 0 Å². The Balaban J connectivity index is 2.14. The van der Waals surface area contributed by atoms with E-state index in [0.29, 0.717) is 25.7 Å². The molecule has 1 aromatic carbocycles. The van der Waals surface area contributed by atoms with Crippen molar-refractivity contribution in [2.45, 2.75) is 38.6 Å². The van der Waals surface area contributed by atoms with Crippen LogP contribution < -0.4 is 4.72 Å². The minimum absolute atomic E-state index is 0.00189. The SMILES string of the molecule is CCOC(=O)C(C(=O)c1cccc(F)c1)C(=O)C1CCC(NS(=O)(=O)N(C)C)CC1. The first-order valence-electron chi connectivity index (χ1n) is 9.76. The first kappa shape index (κ1) is 24.1. The Morgan fingerprint density at radius 2 is 1.83 bits per heavy atom. The van der Waals surface area contributed by atoms with Crippen LogP contribution in [0.1, 0.15) is 43.0 Å². The summed E-state index contributed by atoms with van der Waals surface area (Å²) in [6.45, 7) is 1.56. The second kappa shape index (κ2) is 10.2. The first-order chi connectivity index (χ1) is 14.1. The Kier molecular flexibility index (Phi) is 8.22. The van der Waals surface area contributed by atoms with Gasteiger partial charge in [-0.1, -0.05) is 12.1 Å². The first-order valence-corrected chi connectivity index (χ1v) is 11.2. The van der Waals surface area contributed by atoms with Gasteiger partial charge < -0.3 is 4.74 Å². The Bertz CT molecular complexity index is 894. The third kappa shape index (κ3) is 5.93. The minimum atomic E-state index is -3.59. The van der Waals surface area contributed by atoms with Crippen LogP contribution in [0, 0.1) is 17.7 Å². The zero-order chi connectivity index (χ0) is 22.5. The standard InChI is InChI=1S/C20H27FN2O6S/c1-4-29-20(26)17(19(25)14-6-5-7-15(21)12-14)18(24)13-8-10-16(11-9-13)22-30(27,28)23(2)3/h5-7,12-13,16-17,22H,4,8-11H2,1-3H3. The van der Waals surface area contributed by atoms with E-state index in [-0.39, 0.29) is 18.2 Å². The summed E-state index contributed by atoms with van der Waals surface area (Å²) in [6.07, 6.45) is 1.44. The van der Waals surface area contributed by atoms with E-state index >= 15 is 0 Å². The number of hydrogen-bond acceptors (Lipinski definition) is 6. The molecule has 0 radical (unpaired) electrons. The Morgan fingerprint density at radius 1 is 1.20 bits per heavy atom. The number of hydrogen-bond donors (Lipinski definition) is 1. The van der Waals surface area contributed by atoms with Gasteiger partial charge in [-0.15, -0.1) is 0 Å². The van der Waals surface area contributed by atoms with E-state index in [1.807, 2.05) is 0 Å². The molecule has 0 aromatic heterocycles. The number of ether oxygens (including phenoxy) is 1. The highest BCUT2D eigenvalue weighted by molar-refractivity contribution is 7.87. The van der Waals surface area contributed by atoms with E-state index in [2.05, 4.69) is 4.72 Å². The van der Waals surface area contributed by atoms with Gasteiger partial charge in [0.05, 0.1) is 6.61 Å². The van der Waals surface area contributed by atoms with Crippen LogP contribution in [0.25, 0.3) is 0 Å². The molecule has 0 aliphatic heterocycles. The summed E-state index contributed by atoms with van der Waals surface area (Å²) >= 11 is 0. The molecule has 166 valence electrons. The molecule has 0 amide bonds. The molecular weight excluding hydrogens is 415 g/mol. The molecule has 0 saturated heterocycles. The lowest BCUT2D eigenvalue weighted by Gasteiger charge is -2.30. The van der Waals surface area contributed by atoms with Gasteiger partial charge in [-0.3, -0.25) is 14.4 Å². The Hall–Kier alpha value is -2.17. The van der Waals surface area contributed by atoms with Crippen molar-refractivity contribution in [1.29, 1.82) is 0 Å². The second-order valence-corrected chi connectivity index (χ2v) is 9.33. The third-order valence-corrected chi connectivity index (χ3v) is 6.70. The highest BCUT2D eigenvalue weighted by atomic mass is 32.2. The van der Waals surface area contributed by atoms with E-state index < -0.39 is 45.4 Å². The molecule has 0 bridgehead atoms. The zero-order valence-corrected chi connectivity index (χ0v) is 18.1. The summed E-state index contributed by atoms with van der Waals surface area (Å²) < 4.78 is 46.0. The smallest absolute Gasteiger partial charge is 0.324 e. The number of nitrogens with one attached hydrogen (secondary N) is 1. The molecule has 1 N–H and O–H groups in total. The van der Waals surface area contributed by atoms with Gasteiger partial charge >= 0.3 is 5.97 Å². The fourth-order valence-electron chi connectivity index (χ4n) is 3.43. The van der Waals surface area contributed by atoms with E-state index in [1.165, 1.54) is 26.2 Å². The molecule has 1 fully saturated rings. The van der Waals surface area contributed by atoms with Crippen molar-refractivity contribution < 1.29 is 31.9 Å². The maximum atomic E-state index is 13.5. The Labute approximate surface area is 176 Å². The predicted molar refractivity (Wildman–Crippen MR) is 107 cm³/mol. The van der Waals surface area contributed by atoms with Gasteiger partial charge in [-0.05, 0) is 44.7 Å². The van der Waals surface area contributed by atoms with Crippen LogP contribution in [-0.2, 0) is 24.5 Å². The number of carbonyl (C=O) groups excluding carboxylic acids is 3. The molecule has 1 aliphatic carbocycles. The van der Waals surface area contributed by atoms with Gasteiger partial charge in [0.15, 0.2) is 17.5 Å². The van der Waals surface area contributed by atoms with E-state index in [0.717, 1.165) is 16.4 Å². The lowest BCUT2D eigenvalue weighted by molar-refractivity contribution is -0.150. The van der Waals surface area contributed by atoms with Gasteiger partial charge in [0.1, 0.15) is 5.82 Å². The van der Waals surface area contributed by atoms with Gasteiger partial charge in [0, 0.05) is 31.6 Å². The third-order valence-electron chi connectivity index (χ3n) is 5.10. The molecule has 10 heteroatoms. The van der Waals surface area contributed by atoms with Crippen molar-refractivity contribution in [1.82, 2.24) is 9.03 Å². The maximum absolute atomic E-state index is 13.5. The molecule has 1 aliphatic rings. The normalized spacial score (nSPS) is 20.6. The molecule has 8 nitrogen and oxygen atoms in total. The topological polar surface area (TPSA) is 110 Å². The maximum Gasteiger partial charge on any atom is 0.324 e. The highest BCUT2D eigenvalue weighted by Gasteiger charge is 2.41. The number of rotatable bonds is 9. The molecule has 1 saturated carbocycles. The summed E-state index contributed by atoms with van der Waals surface area (Å²) in [6, 6.07) is 4.49. The molecule has 1 aromatic rings. The number of Topliss-reactive ketones (excluding diaryl/α,β-unsaturated/α-hetero) is 2. The summed E-state index contributed by atoms with van der Waals surface area (Å²) in [5.41, 5.74) is -0.0752. The van der Waals surface area contributed by atoms with Crippen LogP contribution >= 0.6 is 0 Å². The molecule has 1 atom stereocenters. The van der Waals surface area contributed by atoms with Crippen molar-refractivity contribution in [3.8, 4) is 0 Å². The summed E-state index contributed by atoms with van der Waals surface area (Å²) in [4.78, 5) is 38.3. The molecule has 0 spiro atoms. The average Bonchev–Trinajstić information content (AvgIpc) is 2.68. The molecule has 30 heavy (non-hydrogen) atoms. The van der Waals surface area contributed by atoms with Crippen LogP contribution in [0.5, 0.6) is 0 Å². The molecule has 1 unspecified atom stereocenters. The van der Waals surface area contributed by atoms with Crippen molar-refractivity contribution in [3.63, 3.8) is 0 Å². The van der Waals surface area contributed by atoms with Crippen molar-refractivity contribution in [2.75, 3.05) is 20.7 Å². The predicted octanol–water partition coefficient (Wildman–Crippen LogP) is 1.71. The van der Waals surface area contributed by atoms with E-state index in [9.17, 15) is 27.2 Å². The molecule has 2 rings (SSSR count). The molecular formula is C20H27FN2O6S. The second-order valence-electron chi connectivity index (χ2n) is 7.42. The summed E-state index contributed by atoms with van der Waals surface area (Å²) in [5.74, 6) is -5.22. The minimum Gasteiger partial charge on any atom is -0.465 e. The fraction of sp³-hybridized carbons (Fsp3) is 0.550. The van der Waals surface area contributed by atoms with Crippen LogP contribution in [-0.4, -0.2) is 57.0 Å². The number of carbonyl (C=O) groups is 3. The van der Waals surface area contributed by atoms with Crippen molar-refractivity contribution >= 4 is 27.7 Å². The van der Waals surface area contributed by atoms with Gasteiger partial charge in [0.2, 0.25) is 0 Å².